The number of hydrogen-bond donors (Lipinski definition) is 0. The normalized spacial score (nSPS) is 11.5. The maximum atomic E-state index is 9.32. The van der Waals surface area contributed by atoms with Crippen LogP contribution in [0.1, 0.15) is 26.3 Å². The van der Waals surface area contributed by atoms with Crippen molar-refractivity contribution in [2.75, 3.05) is 20.2 Å². The summed E-state index contributed by atoms with van der Waals surface area (Å²) >= 11 is 0. The van der Waals surface area contributed by atoms with Gasteiger partial charge in [0.15, 0.2) is 0 Å². The maximum Gasteiger partial charge on any atom is 0.119 e. The molecule has 1 rings (SSSR count). The number of hydrogen-bond acceptors (Lipinski definition) is 3. The zero-order valence-corrected chi connectivity index (χ0v) is 11.5. The SMILES string of the molecule is CCN(CC)/C(C#N)=C(\C)c1ccc(OC)cc1. The Labute approximate surface area is 109 Å². The Kier molecular flexibility index (Phi) is 5.26. The third-order valence-corrected chi connectivity index (χ3v) is 3.06. The smallest absolute Gasteiger partial charge is 0.119 e. The minimum atomic E-state index is 0.741. The van der Waals surface area contributed by atoms with Gasteiger partial charge in [0.1, 0.15) is 17.5 Å². The largest absolute Gasteiger partial charge is 0.497 e. The molecule has 0 aromatic heterocycles. The number of rotatable bonds is 5. The Balaban J connectivity index is 3.14. The second-order valence-electron chi connectivity index (χ2n) is 3.99. The van der Waals surface area contributed by atoms with E-state index in [4.69, 9.17) is 4.74 Å². The summed E-state index contributed by atoms with van der Waals surface area (Å²) in [5.41, 5.74) is 2.80. The first kappa shape index (κ1) is 14.1. The first-order valence-corrected chi connectivity index (χ1v) is 6.18. The lowest BCUT2D eigenvalue weighted by molar-refractivity contribution is 0.398. The number of methoxy groups -OCH3 is 1. The van der Waals surface area contributed by atoms with Crippen molar-refractivity contribution in [3.63, 3.8) is 0 Å². The lowest BCUT2D eigenvalue weighted by atomic mass is 10.0. The average molecular weight is 244 g/mol. The van der Waals surface area contributed by atoms with E-state index in [2.05, 4.69) is 24.8 Å². The van der Waals surface area contributed by atoms with Crippen LogP contribution in [0.25, 0.3) is 5.57 Å². The Morgan fingerprint density at radius 3 is 2.17 bits per heavy atom. The highest BCUT2D eigenvalue weighted by Crippen LogP contribution is 2.22. The molecule has 0 aliphatic rings. The monoisotopic (exact) mass is 244 g/mol. The van der Waals surface area contributed by atoms with Crippen LogP contribution in [0.4, 0.5) is 0 Å². The average Bonchev–Trinajstić information content (AvgIpc) is 2.44. The molecule has 0 saturated heterocycles. The molecule has 3 heteroatoms. The van der Waals surface area contributed by atoms with E-state index in [1.807, 2.05) is 31.2 Å². The lowest BCUT2D eigenvalue weighted by Gasteiger charge is -2.21. The molecule has 0 aliphatic heterocycles. The van der Waals surface area contributed by atoms with Crippen LogP contribution in [0, 0.1) is 11.3 Å². The minimum absolute atomic E-state index is 0.741. The number of benzene rings is 1. The third kappa shape index (κ3) is 3.04. The Morgan fingerprint density at radius 2 is 1.78 bits per heavy atom. The number of nitriles is 1. The Hall–Kier alpha value is -1.95. The van der Waals surface area contributed by atoms with Crippen LogP contribution in [0.15, 0.2) is 30.0 Å². The summed E-state index contributed by atoms with van der Waals surface area (Å²) in [6, 6.07) is 10.1. The molecular weight excluding hydrogens is 224 g/mol. The van der Waals surface area contributed by atoms with Crippen molar-refractivity contribution >= 4 is 5.57 Å². The molecule has 1 aromatic carbocycles. The van der Waals surface area contributed by atoms with Crippen molar-refractivity contribution in [1.82, 2.24) is 4.90 Å². The molecule has 3 nitrogen and oxygen atoms in total. The van der Waals surface area contributed by atoms with Gasteiger partial charge in [-0.25, -0.2) is 0 Å². The van der Waals surface area contributed by atoms with Crippen LogP contribution in [-0.2, 0) is 0 Å². The fourth-order valence-electron chi connectivity index (χ4n) is 1.91. The van der Waals surface area contributed by atoms with Crippen molar-refractivity contribution in [3.05, 3.63) is 35.5 Å². The molecule has 0 radical (unpaired) electrons. The minimum Gasteiger partial charge on any atom is -0.497 e. The van der Waals surface area contributed by atoms with E-state index in [1.54, 1.807) is 7.11 Å². The summed E-state index contributed by atoms with van der Waals surface area (Å²) in [5, 5.41) is 9.32. The van der Waals surface area contributed by atoms with Gasteiger partial charge < -0.3 is 9.64 Å². The topological polar surface area (TPSA) is 36.3 Å². The van der Waals surface area contributed by atoms with E-state index in [0.717, 1.165) is 35.7 Å². The summed E-state index contributed by atoms with van der Waals surface area (Å²) < 4.78 is 5.13. The van der Waals surface area contributed by atoms with Gasteiger partial charge in [0, 0.05) is 13.1 Å². The predicted molar refractivity (Wildman–Crippen MR) is 74.1 cm³/mol. The number of ether oxygens (including phenoxy) is 1. The van der Waals surface area contributed by atoms with Gasteiger partial charge in [-0.1, -0.05) is 12.1 Å². The number of allylic oxidation sites excluding steroid dienone is 2. The first-order chi connectivity index (χ1) is 8.67. The standard InChI is InChI=1S/C15H20N2O/c1-5-17(6-2)15(11-16)12(3)13-7-9-14(18-4)10-8-13/h7-10H,5-6H2,1-4H3/b15-12+. The molecule has 0 spiro atoms. The molecule has 0 amide bonds. The molecule has 18 heavy (non-hydrogen) atoms. The zero-order valence-electron chi connectivity index (χ0n) is 11.5. The molecule has 0 saturated carbocycles. The van der Waals surface area contributed by atoms with Gasteiger partial charge in [0.2, 0.25) is 0 Å². The fourth-order valence-corrected chi connectivity index (χ4v) is 1.91. The van der Waals surface area contributed by atoms with Gasteiger partial charge in [0.05, 0.1) is 7.11 Å². The second kappa shape index (κ2) is 6.70. The highest BCUT2D eigenvalue weighted by atomic mass is 16.5. The van der Waals surface area contributed by atoms with Crippen molar-refractivity contribution in [3.8, 4) is 11.8 Å². The molecular formula is C15H20N2O. The van der Waals surface area contributed by atoms with Crippen LogP contribution >= 0.6 is 0 Å². The predicted octanol–water partition coefficient (Wildman–Crippen LogP) is 3.29. The van der Waals surface area contributed by atoms with E-state index in [1.165, 1.54) is 0 Å². The van der Waals surface area contributed by atoms with Crippen molar-refractivity contribution in [1.29, 1.82) is 5.26 Å². The molecule has 0 unspecified atom stereocenters. The molecule has 0 fully saturated rings. The van der Waals surface area contributed by atoms with Crippen LogP contribution in [-0.4, -0.2) is 25.1 Å². The third-order valence-electron chi connectivity index (χ3n) is 3.06. The van der Waals surface area contributed by atoms with E-state index in [9.17, 15) is 5.26 Å². The summed E-state index contributed by atoms with van der Waals surface area (Å²) in [6.45, 7) is 7.78. The molecule has 0 N–H and O–H groups in total. The second-order valence-corrected chi connectivity index (χ2v) is 3.99. The maximum absolute atomic E-state index is 9.32. The summed E-state index contributed by atoms with van der Waals surface area (Å²) in [7, 11) is 1.65. The van der Waals surface area contributed by atoms with Gasteiger partial charge >= 0.3 is 0 Å². The molecule has 0 heterocycles. The highest BCUT2D eigenvalue weighted by molar-refractivity contribution is 5.69. The van der Waals surface area contributed by atoms with Gasteiger partial charge in [-0.15, -0.1) is 0 Å². The van der Waals surface area contributed by atoms with Crippen LogP contribution in [0.3, 0.4) is 0 Å². The molecule has 0 atom stereocenters. The van der Waals surface area contributed by atoms with E-state index in [-0.39, 0.29) is 0 Å². The van der Waals surface area contributed by atoms with Gasteiger partial charge in [-0.05, 0) is 44.0 Å². The van der Waals surface area contributed by atoms with Crippen LogP contribution in [0.2, 0.25) is 0 Å². The van der Waals surface area contributed by atoms with Crippen molar-refractivity contribution < 1.29 is 4.74 Å². The zero-order chi connectivity index (χ0) is 13.5. The van der Waals surface area contributed by atoms with E-state index in [0.29, 0.717) is 0 Å². The van der Waals surface area contributed by atoms with Crippen molar-refractivity contribution in [2.24, 2.45) is 0 Å². The van der Waals surface area contributed by atoms with Gasteiger partial charge in [-0.3, -0.25) is 0 Å². The van der Waals surface area contributed by atoms with E-state index < -0.39 is 0 Å². The van der Waals surface area contributed by atoms with Crippen molar-refractivity contribution in [2.45, 2.75) is 20.8 Å². The Bertz CT molecular complexity index is 450. The molecule has 1 aromatic rings. The molecule has 0 bridgehead atoms. The number of nitrogens with zero attached hydrogens (tertiary/aromatic N) is 2. The summed E-state index contributed by atoms with van der Waals surface area (Å²) in [4.78, 5) is 2.07. The van der Waals surface area contributed by atoms with Gasteiger partial charge in [0.25, 0.3) is 0 Å². The fraction of sp³-hybridized carbons (Fsp3) is 0.400. The highest BCUT2D eigenvalue weighted by Gasteiger charge is 2.10. The van der Waals surface area contributed by atoms with Crippen LogP contribution < -0.4 is 4.74 Å². The van der Waals surface area contributed by atoms with Crippen LogP contribution in [0.5, 0.6) is 5.75 Å². The first-order valence-electron chi connectivity index (χ1n) is 6.18. The molecule has 0 aliphatic carbocycles. The summed E-state index contributed by atoms with van der Waals surface area (Å²) in [5.74, 6) is 0.827. The molecule has 96 valence electrons. The summed E-state index contributed by atoms with van der Waals surface area (Å²) in [6.07, 6.45) is 0. The lowest BCUT2D eigenvalue weighted by Crippen LogP contribution is -2.22. The van der Waals surface area contributed by atoms with E-state index >= 15 is 0 Å². The quantitative estimate of drug-likeness (QED) is 0.746. The Morgan fingerprint density at radius 1 is 1.22 bits per heavy atom. The van der Waals surface area contributed by atoms with Gasteiger partial charge in [-0.2, -0.15) is 5.26 Å².